The molecular weight excluding hydrogens is 448 g/mol. The first kappa shape index (κ1) is 24.0. The third-order valence-electron chi connectivity index (χ3n) is 4.82. The lowest BCUT2D eigenvalue weighted by atomic mass is 10.2. The minimum atomic E-state index is -3.70. The van der Waals surface area contributed by atoms with Crippen LogP contribution in [0.5, 0.6) is 5.75 Å². The number of nitrogens with zero attached hydrogens (tertiary/aromatic N) is 2. The van der Waals surface area contributed by atoms with E-state index >= 15 is 0 Å². The van der Waals surface area contributed by atoms with Gasteiger partial charge in [0.1, 0.15) is 18.1 Å². The molecule has 33 heavy (non-hydrogen) atoms. The van der Waals surface area contributed by atoms with Crippen LogP contribution < -0.4 is 15.6 Å². The van der Waals surface area contributed by atoms with Crippen LogP contribution in [0.25, 0.3) is 0 Å². The minimum absolute atomic E-state index is 0.0328. The maximum atomic E-state index is 12.5. The number of nitrogens with one attached hydrogen (secondary N) is 2. The number of rotatable bonds is 7. The fourth-order valence-corrected chi connectivity index (χ4v) is 3.81. The van der Waals surface area contributed by atoms with Crippen LogP contribution in [-0.2, 0) is 16.6 Å². The zero-order valence-electron chi connectivity index (χ0n) is 18.6. The van der Waals surface area contributed by atoms with E-state index in [0.29, 0.717) is 11.5 Å². The van der Waals surface area contributed by atoms with Crippen LogP contribution in [0.2, 0.25) is 0 Å². The number of benzene rings is 2. The van der Waals surface area contributed by atoms with Crippen molar-refractivity contribution in [2.75, 3.05) is 14.1 Å². The molecule has 0 radical (unpaired) electrons. The van der Waals surface area contributed by atoms with Gasteiger partial charge in [-0.15, -0.1) is 0 Å². The first-order valence-corrected chi connectivity index (χ1v) is 11.3. The highest BCUT2D eigenvalue weighted by Gasteiger charge is 2.19. The molecule has 0 saturated heterocycles. The number of aromatic nitrogens is 1. The molecule has 0 aliphatic carbocycles. The maximum absolute atomic E-state index is 12.5. The van der Waals surface area contributed by atoms with Gasteiger partial charge in [-0.2, -0.15) is 0 Å². The van der Waals surface area contributed by atoms with Crippen molar-refractivity contribution < 1.29 is 27.3 Å². The number of hydrogen-bond acceptors (Lipinski definition) is 7. The zero-order chi connectivity index (χ0) is 24.2. The van der Waals surface area contributed by atoms with Gasteiger partial charge in [0.2, 0.25) is 10.0 Å². The molecule has 2 aromatic carbocycles. The second kappa shape index (κ2) is 9.84. The normalized spacial score (nSPS) is 11.3. The van der Waals surface area contributed by atoms with Crippen LogP contribution >= 0.6 is 0 Å². The van der Waals surface area contributed by atoms with E-state index < -0.39 is 21.8 Å². The van der Waals surface area contributed by atoms with E-state index in [4.69, 9.17) is 9.26 Å². The molecule has 0 bridgehead atoms. The van der Waals surface area contributed by atoms with Crippen LogP contribution in [-0.4, -0.2) is 43.8 Å². The van der Waals surface area contributed by atoms with Gasteiger partial charge < -0.3 is 9.26 Å². The predicted molar refractivity (Wildman–Crippen MR) is 119 cm³/mol. The first-order chi connectivity index (χ1) is 15.6. The fourth-order valence-electron chi connectivity index (χ4n) is 2.86. The number of amides is 2. The molecular formula is C22H24N4O6S. The molecule has 11 heteroatoms. The first-order valence-electron chi connectivity index (χ1n) is 9.87. The summed E-state index contributed by atoms with van der Waals surface area (Å²) in [6.45, 7) is 3.83. The number of hydrazine groups is 1. The second-order valence-electron chi connectivity index (χ2n) is 7.34. The molecule has 0 saturated carbocycles. The molecule has 0 unspecified atom stereocenters. The van der Waals surface area contributed by atoms with Gasteiger partial charge in [0.05, 0.1) is 16.2 Å². The summed E-state index contributed by atoms with van der Waals surface area (Å²) >= 11 is 0. The molecule has 10 nitrogen and oxygen atoms in total. The third kappa shape index (κ3) is 5.57. The summed E-state index contributed by atoms with van der Waals surface area (Å²) in [5.41, 5.74) is 6.50. The van der Waals surface area contributed by atoms with Crippen molar-refractivity contribution in [3.8, 4) is 5.75 Å². The Balaban J connectivity index is 1.63. The zero-order valence-corrected chi connectivity index (χ0v) is 19.4. The molecule has 3 rings (SSSR count). The van der Waals surface area contributed by atoms with Gasteiger partial charge in [0.25, 0.3) is 11.8 Å². The van der Waals surface area contributed by atoms with E-state index in [0.717, 1.165) is 15.6 Å². The largest absolute Gasteiger partial charge is 0.489 e. The highest BCUT2D eigenvalue weighted by Crippen LogP contribution is 2.19. The molecule has 1 aromatic heterocycles. The molecule has 174 valence electrons. The van der Waals surface area contributed by atoms with E-state index in [-0.39, 0.29) is 22.6 Å². The van der Waals surface area contributed by atoms with Crippen LogP contribution in [0.1, 0.15) is 37.7 Å². The quantitative estimate of drug-likeness (QED) is 0.504. The van der Waals surface area contributed by atoms with Gasteiger partial charge in [0, 0.05) is 25.2 Å². The third-order valence-corrected chi connectivity index (χ3v) is 6.64. The molecule has 1 heterocycles. The molecule has 2 N–H and O–H groups in total. The topological polar surface area (TPSA) is 131 Å². The smallest absolute Gasteiger partial charge is 0.269 e. The van der Waals surface area contributed by atoms with E-state index in [2.05, 4.69) is 16.0 Å². The van der Waals surface area contributed by atoms with Crippen LogP contribution in [0.4, 0.5) is 0 Å². The average molecular weight is 473 g/mol. The number of sulfonamides is 1. The molecule has 0 aliphatic rings. The second-order valence-corrected chi connectivity index (χ2v) is 9.49. The van der Waals surface area contributed by atoms with Crippen molar-refractivity contribution in [1.29, 1.82) is 0 Å². The highest BCUT2D eigenvalue weighted by atomic mass is 32.2. The van der Waals surface area contributed by atoms with E-state index in [1.54, 1.807) is 25.1 Å². The summed E-state index contributed by atoms with van der Waals surface area (Å²) in [6.07, 6.45) is 0. The lowest BCUT2D eigenvalue weighted by molar-refractivity contribution is 0.0846. The molecule has 0 spiro atoms. The average Bonchev–Trinajstić information content (AvgIpc) is 3.13. The van der Waals surface area contributed by atoms with Crippen LogP contribution in [0.3, 0.4) is 0 Å². The Morgan fingerprint density at radius 3 is 2.18 bits per heavy atom. The lowest BCUT2D eigenvalue weighted by Gasteiger charge is -2.13. The Morgan fingerprint density at radius 1 is 1.00 bits per heavy atom. The van der Waals surface area contributed by atoms with Gasteiger partial charge >= 0.3 is 0 Å². The number of hydrogen-bond donors (Lipinski definition) is 2. The van der Waals surface area contributed by atoms with Gasteiger partial charge in [-0.25, -0.2) is 12.7 Å². The van der Waals surface area contributed by atoms with Crippen molar-refractivity contribution in [1.82, 2.24) is 20.3 Å². The molecule has 2 amide bonds. The van der Waals surface area contributed by atoms with E-state index in [1.807, 2.05) is 6.92 Å². The van der Waals surface area contributed by atoms with Crippen molar-refractivity contribution >= 4 is 21.8 Å². The summed E-state index contributed by atoms with van der Waals surface area (Å²) in [5.74, 6) is -0.115. The Morgan fingerprint density at radius 2 is 1.61 bits per heavy atom. The van der Waals surface area contributed by atoms with Gasteiger partial charge in [0.15, 0.2) is 0 Å². The van der Waals surface area contributed by atoms with Crippen molar-refractivity contribution in [3.05, 3.63) is 76.7 Å². The Hall–Kier alpha value is -3.70. The lowest BCUT2D eigenvalue weighted by Crippen LogP contribution is -2.41. The summed E-state index contributed by atoms with van der Waals surface area (Å²) in [4.78, 5) is 24.9. The fraction of sp³-hybridized carbons (Fsp3) is 0.227. The van der Waals surface area contributed by atoms with Crippen molar-refractivity contribution in [3.63, 3.8) is 0 Å². The van der Waals surface area contributed by atoms with E-state index in [9.17, 15) is 18.0 Å². The predicted octanol–water partition coefficient (Wildman–Crippen LogP) is 2.20. The van der Waals surface area contributed by atoms with Gasteiger partial charge in [-0.1, -0.05) is 17.3 Å². The van der Waals surface area contributed by atoms with E-state index in [1.165, 1.54) is 44.4 Å². The number of aryl methyl sites for hydroxylation is 2. The SMILES string of the molecule is Cc1noc(C)c1COc1cccc(C(=O)NNC(=O)c2cccc(S(=O)(=O)N(C)C)c2)c1. The summed E-state index contributed by atoms with van der Waals surface area (Å²) in [5, 5.41) is 3.87. The minimum Gasteiger partial charge on any atom is -0.489 e. The van der Waals surface area contributed by atoms with Crippen molar-refractivity contribution in [2.45, 2.75) is 25.3 Å². The number of carbonyl (C=O) groups excluding carboxylic acids is 2. The van der Waals surface area contributed by atoms with Gasteiger partial charge in [-0.05, 0) is 50.2 Å². The molecule has 0 aliphatic heterocycles. The monoisotopic (exact) mass is 472 g/mol. The summed E-state index contributed by atoms with van der Waals surface area (Å²) in [6, 6.07) is 12.0. The molecule has 3 aromatic rings. The van der Waals surface area contributed by atoms with Crippen LogP contribution in [0.15, 0.2) is 57.9 Å². The van der Waals surface area contributed by atoms with Gasteiger partial charge in [-0.3, -0.25) is 20.4 Å². The summed E-state index contributed by atoms with van der Waals surface area (Å²) in [7, 11) is -0.902. The number of carbonyl (C=O) groups is 2. The Labute approximate surface area is 191 Å². The maximum Gasteiger partial charge on any atom is 0.269 e. The number of ether oxygens (including phenoxy) is 1. The summed E-state index contributed by atoms with van der Waals surface area (Å²) < 4.78 is 36.4. The standard InChI is InChI=1S/C22H24N4O6S/c1-14-20(15(2)32-25-14)13-31-18-9-5-7-16(11-18)21(27)23-24-22(28)17-8-6-10-19(12-17)33(29,30)26(3)4/h5-12H,13H2,1-4H3,(H,23,27)(H,24,28). The highest BCUT2D eigenvalue weighted by molar-refractivity contribution is 7.89. The molecule has 0 fully saturated rings. The van der Waals surface area contributed by atoms with Crippen molar-refractivity contribution in [2.24, 2.45) is 0 Å². The van der Waals surface area contributed by atoms with Crippen LogP contribution in [0, 0.1) is 13.8 Å². The Kier molecular flexibility index (Phi) is 7.14. The molecule has 0 atom stereocenters. The Bertz CT molecular complexity index is 1260.